The lowest BCUT2D eigenvalue weighted by atomic mass is 10.1. The highest BCUT2D eigenvalue weighted by molar-refractivity contribution is 6.35. The number of hydrogen-bond donors (Lipinski definition) is 2. The van der Waals surface area contributed by atoms with E-state index in [4.69, 9.17) is 23.2 Å². The van der Waals surface area contributed by atoms with Crippen LogP contribution in [0.25, 0.3) is 0 Å². The molecule has 162 valence electrons. The fraction of sp³-hybridized carbons (Fsp3) is 0. The first-order valence-corrected chi connectivity index (χ1v) is 9.52. The quantitative estimate of drug-likeness (QED) is 0.365. The lowest BCUT2D eigenvalue weighted by Crippen LogP contribution is -2.15. The van der Waals surface area contributed by atoms with Crippen molar-refractivity contribution in [3.63, 3.8) is 0 Å². The van der Waals surface area contributed by atoms with Crippen LogP contribution in [0.3, 0.4) is 0 Å². The van der Waals surface area contributed by atoms with Crippen LogP contribution in [0.4, 0.5) is 22.7 Å². The molecule has 0 fully saturated rings. The Morgan fingerprint density at radius 1 is 0.688 bits per heavy atom. The topological polar surface area (TPSA) is 144 Å². The molecule has 0 heterocycles. The van der Waals surface area contributed by atoms with Crippen molar-refractivity contribution in [3.05, 3.63) is 102 Å². The van der Waals surface area contributed by atoms with Gasteiger partial charge < -0.3 is 10.6 Å². The van der Waals surface area contributed by atoms with Crippen molar-refractivity contribution in [1.82, 2.24) is 0 Å². The molecule has 3 rings (SSSR count). The monoisotopic (exact) mass is 474 g/mol. The number of anilines is 2. The summed E-state index contributed by atoms with van der Waals surface area (Å²) in [7, 11) is 0. The first-order valence-electron chi connectivity index (χ1n) is 8.76. The van der Waals surface area contributed by atoms with Gasteiger partial charge in [0.05, 0.1) is 31.0 Å². The van der Waals surface area contributed by atoms with E-state index in [2.05, 4.69) is 10.6 Å². The Morgan fingerprint density at radius 2 is 1.09 bits per heavy atom. The summed E-state index contributed by atoms with van der Waals surface area (Å²) in [6.07, 6.45) is 0. The highest BCUT2D eigenvalue weighted by Crippen LogP contribution is 2.26. The molecule has 0 aromatic heterocycles. The van der Waals surface area contributed by atoms with Crippen molar-refractivity contribution in [1.29, 1.82) is 0 Å². The largest absolute Gasteiger partial charge is 0.322 e. The molecule has 0 aliphatic rings. The van der Waals surface area contributed by atoms with E-state index < -0.39 is 21.7 Å². The number of amides is 2. The van der Waals surface area contributed by atoms with Crippen molar-refractivity contribution < 1.29 is 19.4 Å². The van der Waals surface area contributed by atoms with Gasteiger partial charge in [0.2, 0.25) is 0 Å². The normalized spacial score (nSPS) is 10.3. The summed E-state index contributed by atoms with van der Waals surface area (Å²) >= 11 is 12.0. The Kier molecular flexibility index (Phi) is 6.67. The summed E-state index contributed by atoms with van der Waals surface area (Å²) in [6, 6.07) is 13.0. The van der Waals surface area contributed by atoms with Crippen LogP contribution in [-0.4, -0.2) is 21.7 Å². The number of non-ortho nitro benzene ring substituents is 2. The highest BCUT2D eigenvalue weighted by Gasteiger charge is 2.18. The number of benzene rings is 3. The summed E-state index contributed by atoms with van der Waals surface area (Å²) in [4.78, 5) is 45.6. The van der Waals surface area contributed by atoms with E-state index in [1.807, 2.05) is 0 Å². The predicted octanol–water partition coefficient (Wildman–Crippen LogP) is 5.31. The molecule has 10 nitrogen and oxygen atoms in total. The number of nitrogens with zero attached hydrogens (tertiary/aromatic N) is 2. The van der Waals surface area contributed by atoms with E-state index in [-0.39, 0.29) is 43.9 Å². The predicted molar refractivity (Wildman–Crippen MR) is 119 cm³/mol. The van der Waals surface area contributed by atoms with Gasteiger partial charge in [-0.15, -0.1) is 0 Å². The van der Waals surface area contributed by atoms with E-state index in [1.54, 1.807) is 0 Å². The van der Waals surface area contributed by atoms with E-state index in [0.717, 1.165) is 12.1 Å². The first-order chi connectivity index (χ1) is 15.2. The molecule has 0 saturated heterocycles. The third-order valence-corrected chi connectivity index (χ3v) is 4.85. The molecule has 0 unspecified atom stereocenters. The van der Waals surface area contributed by atoms with Crippen LogP contribution in [0.2, 0.25) is 10.0 Å². The second kappa shape index (κ2) is 9.41. The van der Waals surface area contributed by atoms with Crippen molar-refractivity contribution in [2.45, 2.75) is 0 Å². The molecular weight excluding hydrogens is 463 g/mol. The molecule has 0 aliphatic heterocycles. The second-order valence-electron chi connectivity index (χ2n) is 6.33. The van der Waals surface area contributed by atoms with Crippen LogP contribution in [0.1, 0.15) is 20.7 Å². The van der Waals surface area contributed by atoms with E-state index in [0.29, 0.717) is 0 Å². The molecule has 3 aromatic rings. The molecule has 12 heteroatoms. The molecule has 0 saturated carbocycles. The van der Waals surface area contributed by atoms with Gasteiger partial charge in [0.1, 0.15) is 0 Å². The maximum atomic E-state index is 12.5. The molecule has 0 radical (unpaired) electrons. The lowest BCUT2D eigenvalue weighted by molar-refractivity contribution is -0.385. The van der Waals surface area contributed by atoms with Gasteiger partial charge in [0.15, 0.2) is 0 Å². The number of halogens is 2. The van der Waals surface area contributed by atoms with Gasteiger partial charge in [0, 0.05) is 35.6 Å². The average Bonchev–Trinajstić information content (AvgIpc) is 2.74. The van der Waals surface area contributed by atoms with Gasteiger partial charge in [-0.1, -0.05) is 29.3 Å². The minimum atomic E-state index is -0.691. The number of nitro benzene ring substituents is 2. The number of nitrogens with one attached hydrogen (secondary N) is 2. The standard InChI is InChI=1S/C20H12Cl2N4O6/c21-17-6-4-13(25(29)30)9-15(17)19(27)23-11-2-1-3-12(8-11)24-20(28)16-10-14(26(31)32)5-7-18(16)22/h1-10H,(H,23,27)(H,24,28). The Hall–Kier alpha value is -4.02. The van der Waals surface area contributed by atoms with Crippen LogP contribution in [0, 0.1) is 20.2 Å². The number of hydrogen-bond acceptors (Lipinski definition) is 6. The molecule has 0 bridgehead atoms. The van der Waals surface area contributed by atoms with Gasteiger partial charge >= 0.3 is 0 Å². The molecular formula is C20H12Cl2N4O6. The van der Waals surface area contributed by atoms with Crippen molar-refractivity contribution in [3.8, 4) is 0 Å². The molecule has 2 N–H and O–H groups in total. The first kappa shape index (κ1) is 22.7. The minimum absolute atomic E-state index is 0.0258. The molecule has 0 spiro atoms. The zero-order chi connectivity index (χ0) is 23.4. The van der Waals surface area contributed by atoms with Gasteiger partial charge in [-0.3, -0.25) is 29.8 Å². The second-order valence-corrected chi connectivity index (χ2v) is 7.15. The maximum Gasteiger partial charge on any atom is 0.270 e. The van der Waals surface area contributed by atoms with Crippen LogP contribution in [-0.2, 0) is 0 Å². The Labute approximate surface area is 190 Å². The Morgan fingerprint density at radius 3 is 1.47 bits per heavy atom. The van der Waals surface area contributed by atoms with Crippen molar-refractivity contribution in [2.24, 2.45) is 0 Å². The molecule has 32 heavy (non-hydrogen) atoms. The summed E-state index contributed by atoms with van der Waals surface area (Å²) < 4.78 is 0. The highest BCUT2D eigenvalue weighted by atomic mass is 35.5. The SMILES string of the molecule is O=C(Nc1cccc(NC(=O)c2cc([N+](=O)[O-])ccc2Cl)c1)c1cc([N+](=O)[O-])ccc1Cl. The molecule has 0 aliphatic carbocycles. The van der Waals surface area contributed by atoms with Gasteiger partial charge in [-0.05, 0) is 30.3 Å². The Balaban J connectivity index is 1.79. The fourth-order valence-corrected chi connectivity index (χ4v) is 3.08. The Bertz CT molecular complexity index is 1170. The van der Waals surface area contributed by atoms with Crippen molar-refractivity contribution in [2.75, 3.05) is 10.6 Å². The number of nitro groups is 2. The maximum absolute atomic E-state index is 12.5. The molecule has 0 atom stereocenters. The number of carbonyl (C=O) groups excluding carboxylic acids is 2. The van der Waals surface area contributed by atoms with Crippen LogP contribution < -0.4 is 10.6 Å². The van der Waals surface area contributed by atoms with E-state index in [9.17, 15) is 29.8 Å². The van der Waals surface area contributed by atoms with E-state index in [1.165, 1.54) is 48.5 Å². The van der Waals surface area contributed by atoms with Crippen molar-refractivity contribution >= 4 is 57.8 Å². The number of rotatable bonds is 6. The zero-order valence-electron chi connectivity index (χ0n) is 15.9. The van der Waals surface area contributed by atoms with Crippen LogP contribution in [0.15, 0.2) is 60.7 Å². The minimum Gasteiger partial charge on any atom is -0.322 e. The van der Waals surface area contributed by atoms with Crippen LogP contribution >= 0.6 is 23.2 Å². The summed E-state index contributed by atoms with van der Waals surface area (Å²) in [5, 5.41) is 27.0. The molecule has 2 amide bonds. The lowest BCUT2D eigenvalue weighted by Gasteiger charge is -2.10. The van der Waals surface area contributed by atoms with Gasteiger partial charge in [-0.25, -0.2) is 0 Å². The number of carbonyl (C=O) groups is 2. The summed E-state index contributed by atoms with van der Waals surface area (Å²) in [5.74, 6) is -1.38. The summed E-state index contributed by atoms with van der Waals surface area (Å²) in [5.41, 5.74) is -0.262. The van der Waals surface area contributed by atoms with Crippen LogP contribution in [0.5, 0.6) is 0 Å². The summed E-state index contributed by atoms with van der Waals surface area (Å²) in [6.45, 7) is 0. The third-order valence-electron chi connectivity index (χ3n) is 4.19. The average molecular weight is 475 g/mol. The van der Waals surface area contributed by atoms with Gasteiger partial charge in [-0.2, -0.15) is 0 Å². The third kappa shape index (κ3) is 5.17. The van der Waals surface area contributed by atoms with E-state index >= 15 is 0 Å². The molecule has 3 aromatic carbocycles. The van der Waals surface area contributed by atoms with Gasteiger partial charge in [0.25, 0.3) is 23.2 Å². The zero-order valence-corrected chi connectivity index (χ0v) is 17.4. The smallest absolute Gasteiger partial charge is 0.270 e. The fourth-order valence-electron chi connectivity index (χ4n) is 2.67.